The molecule has 0 amide bonds. The molecular formula is C9H10BrNO2S. The monoisotopic (exact) mass is 275 g/mol. The summed E-state index contributed by atoms with van der Waals surface area (Å²) in [7, 11) is 3.14. The average Bonchev–Trinajstić information content (AvgIpc) is 2.16. The second-order valence-corrected chi connectivity index (χ2v) is 3.85. The van der Waals surface area contributed by atoms with Crippen molar-refractivity contribution in [1.29, 1.82) is 0 Å². The lowest BCUT2D eigenvalue weighted by molar-refractivity contribution is 0.353. The van der Waals surface area contributed by atoms with Crippen LogP contribution < -0.4 is 15.2 Å². The summed E-state index contributed by atoms with van der Waals surface area (Å²) in [6.45, 7) is 0. The lowest BCUT2D eigenvalue weighted by Crippen LogP contribution is -2.09. The van der Waals surface area contributed by atoms with Crippen molar-refractivity contribution in [2.24, 2.45) is 5.73 Å². The van der Waals surface area contributed by atoms with E-state index in [1.807, 2.05) is 0 Å². The zero-order valence-corrected chi connectivity index (χ0v) is 10.2. The Bertz CT molecular complexity index is 368. The van der Waals surface area contributed by atoms with Crippen molar-refractivity contribution < 1.29 is 9.47 Å². The van der Waals surface area contributed by atoms with Gasteiger partial charge in [-0.25, -0.2) is 0 Å². The highest BCUT2D eigenvalue weighted by molar-refractivity contribution is 9.10. The third kappa shape index (κ3) is 2.16. The van der Waals surface area contributed by atoms with Crippen LogP contribution in [0, 0.1) is 0 Å². The van der Waals surface area contributed by atoms with E-state index in [1.54, 1.807) is 26.4 Å². The summed E-state index contributed by atoms with van der Waals surface area (Å²) in [5, 5.41) is 0. The van der Waals surface area contributed by atoms with Crippen LogP contribution in [0.2, 0.25) is 0 Å². The van der Waals surface area contributed by atoms with Gasteiger partial charge in [-0.2, -0.15) is 0 Å². The number of halogens is 1. The normalized spacial score (nSPS) is 9.64. The van der Waals surface area contributed by atoms with Crippen molar-refractivity contribution in [3.8, 4) is 11.5 Å². The van der Waals surface area contributed by atoms with E-state index >= 15 is 0 Å². The number of ether oxygens (including phenoxy) is 2. The Hall–Kier alpha value is -0.810. The molecule has 0 spiro atoms. The number of hydrogen-bond acceptors (Lipinski definition) is 3. The largest absolute Gasteiger partial charge is 0.493 e. The maximum atomic E-state index is 5.51. The van der Waals surface area contributed by atoms with Gasteiger partial charge < -0.3 is 15.2 Å². The number of rotatable bonds is 3. The molecule has 3 nitrogen and oxygen atoms in total. The van der Waals surface area contributed by atoms with Crippen LogP contribution in [0.25, 0.3) is 0 Å². The summed E-state index contributed by atoms with van der Waals surface area (Å²) in [5.41, 5.74) is 6.25. The Labute approximate surface area is 96.3 Å². The highest BCUT2D eigenvalue weighted by Gasteiger charge is 2.11. The van der Waals surface area contributed by atoms with Gasteiger partial charge in [0.15, 0.2) is 11.5 Å². The van der Waals surface area contributed by atoms with E-state index in [4.69, 9.17) is 27.4 Å². The Kier molecular flexibility index (Phi) is 3.71. The molecule has 0 saturated carbocycles. The van der Waals surface area contributed by atoms with E-state index in [1.165, 1.54) is 0 Å². The van der Waals surface area contributed by atoms with Crippen molar-refractivity contribution >= 4 is 33.1 Å². The van der Waals surface area contributed by atoms with Gasteiger partial charge in [-0.05, 0) is 28.1 Å². The molecule has 0 aromatic heterocycles. The van der Waals surface area contributed by atoms with Crippen molar-refractivity contribution in [2.75, 3.05) is 14.2 Å². The molecule has 1 rings (SSSR count). The van der Waals surface area contributed by atoms with Crippen LogP contribution in [0.1, 0.15) is 5.56 Å². The molecule has 0 aliphatic carbocycles. The van der Waals surface area contributed by atoms with Gasteiger partial charge in [0.1, 0.15) is 4.99 Å². The minimum Gasteiger partial charge on any atom is -0.493 e. The summed E-state index contributed by atoms with van der Waals surface area (Å²) >= 11 is 8.22. The molecule has 0 unspecified atom stereocenters. The van der Waals surface area contributed by atoms with E-state index in [-0.39, 0.29) is 0 Å². The molecule has 0 bridgehead atoms. The highest BCUT2D eigenvalue weighted by atomic mass is 79.9. The molecule has 5 heteroatoms. The topological polar surface area (TPSA) is 44.5 Å². The van der Waals surface area contributed by atoms with Crippen LogP contribution in [0.4, 0.5) is 0 Å². The van der Waals surface area contributed by atoms with Crippen molar-refractivity contribution in [1.82, 2.24) is 0 Å². The fraction of sp³-hybridized carbons (Fsp3) is 0.222. The average molecular weight is 276 g/mol. The summed E-state index contributed by atoms with van der Waals surface area (Å²) in [6, 6.07) is 3.54. The number of benzene rings is 1. The van der Waals surface area contributed by atoms with Crippen LogP contribution in [0.5, 0.6) is 11.5 Å². The minimum atomic E-state index is 0.326. The molecule has 1 aromatic rings. The van der Waals surface area contributed by atoms with E-state index in [2.05, 4.69) is 15.9 Å². The molecule has 0 atom stereocenters. The third-order valence-electron chi connectivity index (χ3n) is 1.72. The summed E-state index contributed by atoms with van der Waals surface area (Å²) in [5.74, 6) is 1.23. The third-order valence-corrected chi connectivity index (χ3v) is 2.54. The molecular weight excluding hydrogens is 266 g/mol. The van der Waals surface area contributed by atoms with E-state index in [0.29, 0.717) is 16.5 Å². The van der Waals surface area contributed by atoms with Gasteiger partial charge in [-0.3, -0.25) is 0 Å². The van der Waals surface area contributed by atoms with Crippen LogP contribution in [0.15, 0.2) is 16.6 Å². The van der Waals surface area contributed by atoms with Gasteiger partial charge in [-0.15, -0.1) is 0 Å². The molecule has 2 N–H and O–H groups in total. The van der Waals surface area contributed by atoms with Crippen LogP contribution >= 0.6 is 28.1 Å². The first-order valence-electron chi connectivity index (χ1n) is 3.81. The molecule has 0 saturated heterocycles. The van der Waals surface area contributed by atoms with Gasteiger partial charge >= 0.3 is 0 Å². The minimum absolute atomic E-state index is 0.326. The summed E-state index contributed by atoms with van der Waals surface area (Å²) in [6.07, 6.45) is 0. The smallest absolute Gasteiger partial charge is 0.174 e. The Morgan fingerprint density at radius 3 is 2.43 bits per heavy atom. The SMILES string of the molecule is COc1cc(C(N)=S)cc(Br)c1OC. The molecule has 14 heavy (non-hydrogen) atoms. The Morgan fingerprint density at radius 2 is 2.00 bits per heavy atom. The second kappa shape index (κ2) is 4.61. The van der Waals surface area contributed by atoms with E-state index in [0.717, 1.165) is 10.0 Å². The Balaban J connectivity index is 3.31. The van der Waals surface area contributed by atoms with Gasteiger partial charge in [-0.1, -0.05) is 12.2 Å². The molecule has 76 valence electrons. The number of hydrogen-bond donors (Lipinski definition) is 1. The quantitative estimate of drug-likeness (QED) is 0.859. The molecule has 0 fully saturated rings. The van der Waals surface area contributed by atoms with Gasteiger partial charge in [0, 0.05) is 5.56 Å². The number of thiocarbonyl (C=S) groups is 1. The van der Waals surface area contributed by atoms with Gasteiger partial charge in [0.25, 0.3) is 0 Å². The zero-order chi connectivity index (χ0) is 10.7. The predicted octanol–water partition coefficient (Wildman–Crippen LogP) is 2.10. The zero-order valence-electron chi connectivity index (χ0n) is 7.83. The number of nitrogens with two attached hydrogens (primary N) is 1. The molecule has 0 aliphatic rings. The summed E-state index contributed by atoms with van der Waals surface area (Å²) in [4.78, 5) is 0.326. The fourth-order valence-electron chi connectivity index (χ4n) is 1.06. The standard InChI is InChI=1S/C9H10BrNO2S/c1-12-7-4-5(9(11)14)3-6(10)8(7)13-2/h3-4H,1-2H3,(H2,11,14). The van der Waals surface area contributed by atoms with E-state index < -0.39 is 0 Å². The first-order chi connectivity index (χ1) is 6.60. The van der Waals surface area contributed by atoms with Crippen LogP contribution in [-0.2, 0) is 0 Å². The molecule has 1 aromatic carbocycles. The lowest BCUT2D eigenvalue weighted by atomic mass is 10.2. The van der Waals surface area contributed by atoms with Gasteiger partial charge in [0.05, 0.1) is 18.7 Å². The second-order valence-electron chi connectivity index (χ2n) is 2.56. The first kappa shape index (κ1) is 11.3. The lowest BCUT2D eigenvalue weighted by Gasteiger charge is -2.11. The molecule has 0 aliphatic heterocycles. The molecule has 0 radical (unpaired) electrons. The van der Waals surface area contributed by atoms with Crippen molar-refractivity contribution in [3.63, 3.8) is 0 Å². The highest BCUT2D eigenvalue weighted by Crippen LogP contribution is 2.36. The van der Waals surface area contributed by atoms with Crippen molar-refractivity contribution in [2.45, 2.75) is 0 Å². The van der Waals surface area contributed by atoms with Crippen molar-refractivity contribution in [3.05, 3.63) is 22.2 Å². The predicted molar refractivity (Wildman–Crippen MR) is 63.1 cm³/mol. The maximum Gasteiger partial charge on any atom is 0.174 e. The number of methoxy groups -OCH3 is 2. The van der Waals surface area contributed by atoms with Crippen LogP contribution in [-0.4, -0.2) is 19.2 Å². The van der Waals surface area contributed by atoms with Gasteiger partial charge in [0.2, 0.25) is 0 Å². The Morgan fingerprint density at radius 1 is 1.36 bits per heavy atom. The van der Waals surface area contributed by atoms with Crippen LogP contribution in [0.3, 0.4) is 0 Å². The van der Waals surface area contributed by atoms with E-state index in [9.17, 15) is 0 Å². The fourth-order valence-corrected chi connectivity index (χ4v) is 1.78. The maximum absolute atomic E-state index is 5.51. The first-order valence-corrected chi connectivity index (χ1v) is 5.01. The molecule has 0 heterocycles. The summed E-state index contributed by atoms with van der Waals surface area (Å²) < 4.78 is 11.0.